The Kier molecular flexibility index (Phi) is 5.46. The highest BCUT2D eigenvalue weighted by Gasteiger charge is 2.21. The van der Waals surface area contributed by atoms with Crippen LogP contribution in [-0.2, 0) is 11.4 Å². The van der Waals surface area contributed by atoms with Gasteiger partial charge in [-0.25, -0.2) is 0 Å². The molecule has 25 heavy (non-hydrogen) atoms. The van der Waals surface area contributed by atoms with Crippen molar-refractivity contribution in [3.63, 3.8) is 0 Å². The maximum Gasteiger partial charge on any atom is 0.251 e. The van der Waals surface area contributed by atoms with Crippen LogP contribution in [0.2, 0.25) is 0 Å². The lowest BCUT2D eigenvalue weighted by Gasteiger charge is -2.10. The highest BCUT2D eigenvalue weighted by molar-refractivity contribution is 6.01. The van der Waals surface area contributed by atoms with Crippen molar-refractivity contribution in [3.05, 3.63) is 70.8 Å². The zero-order valence-corrected chi connectivity index (χ0v) is 14.6. The van der Waals surface area contributed by atoms with Gasteiger partial charge in [0.2, 0.25) is 0 Å². The van der Waals surface area contributed by atoms with E-state index in [1.807, 2.05) is 24.3 Å². The van der Waals surface area contributed by atoms with Crippen LogP contribution in [0.4, 0.5) is 0 Å². The number of carbonyl (C=O) groups excluding carboxylic acids is 1. The van der Waals surface area contributed by atoms with Gasteiger partial charge in [-0.1, -0.05) is 47.1 Å². The molecule has 2 aromatic rings. The number of amides is 1. The molecule has 1 aliphatic rings. The average Bonchev–Trinajstić information content (AvgIpc) is 3.11. The number of oxime groups is 1. The molecule has 2 N–H and O–H groups in total. The summed E-state index contributed by atoms with van der Waals surface area (Å²) in [4.78, 5) is 17.0. The molecule has 0 fully saturated rings. The van der Waals surface area contributed by atoms with Gasteiger partial charge in [-0.15, -0.1) is 0 Å². The predicted octanol–water partition coefficient (Wildman–Crippen LogP) is 2.64. The normalized spacial score (nSPS) is 16.2. The van der Waals surface area contributed by atoms with Gasteiger partial charge in [0, 0.05) is 32.1 Å². The van der Waals surface area contributed by atoms with E-state index in [-0.39, 0.29) is 12.0 Å². The summed E-state index contributed by atoms with van der Waals surface area (Å²) in [7, 11) is 1.63. The third kappa shape index (κ3) is 4.45. The number of aryl methyl sites for hydroxylation is 1. The molecule has 1 aliphatic heterocycles. The maximum absolute atomic E-state index is 11.5. The molecule has 2 aromatic carbocycles. The van der Waals surface area contributed by atoms with Crippen molar-refractivity contribution in [2.75, 3.05) is 13.6 Å². The molecule has 5 heteroatoms. The van der Waals surface area contributed by atoms with Crippen molar-refractivity contribution in [2.24, 2.45) is 5.16 Å². The molecule has 130 valence electrons. The Morgan fingerprint density at radius 3 is 2.56 bits per heavy atom. The summed E-state index contributed by atoms with van der Waals surface area (Å²) in [6, 6.07) is 15.9. The molecule has 0 radical (unpaired) electrons. The Hall–Kier alpha value is -2.66. The monoisotopic (exact) mass is 337 g/mol. The zero-order chi connectivity index (χ0) is 17.6. The third-order valence-corrected chi connectivity index (χ3v) is 4.26. The molecule has 5 nitrogen and oxygen atoms in total. The van der Waals surface area contributed by atoms with Gasteiger partial charge in [-0.3, -0.25) is 4.79 Å². The molecule has 0 saturated heterocycles. The Morgan fingerprint density at radius 2 is 1.88 bits per heavy atom. The van der Waals surface area contributed by atoms with Crippen LogP contribution in [0.15, 0.2) is 53.7 Å². The van der Waals surface area contributed by atoms with E-state index >= 15 is 0 Å². The van der Waals surface area contributed by atoms with Gasteiger partial charge in [0.25, 0.3) is 5.91 Å². The average molecular weight is 337 g/mol. The maximum atomic E-state index is 11.5. The fourth-order valence-electron chi connectivity index (χ4n) is 2.75. The van der Waals surface area contributed by atoms with E-state index in [2.05, 4.69) is 47.0 Å². The first-order valence-corrected chi connectivity index (χ1v) is 8.47. The Morgan fingerprint density at radius 1 is 1.16 bits per heavy atom. The number of hydrogen-bond donors (Lipinski definition) is 2. The number of benzene rings is 2. The van der Waals surface area contributed by atoms with E-state index in [1.165, 1.54) is 5.56 Å². The van der Waals surface area contributed by atoms with Crippen LogP contribution in [0.1, 0.15) is 33.5 Å². The molecule has 0 spiro atoms. The summed E-state index contributed by atoms with van der Waals surface area (Å²) in [5, 5.41) is 10.2. The lowest BCUT2D eigenvalue weighted by molar-refractivity contribution is 0.0848. The molecular weight excluding hydrogens is 314 g/mol. The molecule has 1 atom stereocenters. The van der Waals surface area contributed by atoms with Gasteiger partial charge in [-0.2, -0.15) is 0 Å². The van der Waals surface area contributed by atoms with Crippen LogP contribution in [0.25, 0.3) is 0 Å². The summed E-state index contributed by atoms with van der Waals surface area (Å²) in [5.41, 5.74) is 5.16. The minimum atomic E-state index is -0.0698. The lowest BCUT2D eigenvalue weighted by atomic mass is 10.0. The fourth-order valence-corrected chi connectivity index (χ4v) is 2.75. The molecular formula is C20H23N3O2. The zero-order valence-electron chi connectivity index (χ0n) is 14.6. The first kappa shape index (κ1) is 17.2. The molecule has 3 rings (SSSR count). The SMILES string of the molecule is CNC(=O)c1ccc(CNCC2CC(c3ccc(C)cc3)=NO2)cc1. The molecule has 1 heterocycles. The Balaban J connectivity index is 1.44. The van der Waals surface area contributed by atoms with Crippen molar-refractivity contribution < 1.29 is 9.63 Å². The van der Waals surface area contributed by atoms with Gasteiger partial charge >= 0.3 is 0 Å². The summed E-state index contributed by atoms with van der Waals surface area (Å²) >= 11 is 0. The topological polar surface area (TPSA) is 62.7 Å². The van der Waals surface area contributed by atoms with E-state index < -0.39 is 0 Å². The van der Waals surface area contributed by atoms with Gasteiger partial charge in [-0.05, 0) is 30.2 Å². The smallest absolute Gasteiger partial charge is 0.251 e. The second-order valence-corrected chi connectivity index (χ2v) is 6.24. The molecule has 0 saturated carbocycles. The van der Waals surface area contributed by atoms with Crippen LogP contribution in [-0.4, -0.2) is 31.3 Å². The molecule has 0 aliphatic carbocycles. The third-order valence-electron chi connectivity index (χ3n) is 4.26. The lowest BCUT2D eigenvalue weighted by Crippen LogP contribution is -2.26. The van der Waals surface area contributed by atoms with Crippen LogP contribution < -0.4 is 10.6 Å². The van der Waals surface area contributed by atoms with E-state index in [0.29, 0.717) is 5.56 Å². The highest BCUT2D eigenvalue weighted by atomic mass is 16.6. The standard InChI is InChI=1S/C20H23N3O2/c1-14-3-7-16(8-4-14)19-11-18(25-23-19)13-22-12-15-5-9-17(10-6-15)20(24)21-2/h3-10,18,22H,11-13H2,1-2H3,(H,21,24). The predicted molar refractivity (Wildman–Crippen MR) is 98.7 cm³/mol. The number of rotatable bonds is 6. The first-order chi connectivity index (χ1) is 12.2. The van der Waals surface area contributed by atoms with Crippen molar-refractivity contribution in [1.29, 1.82) is 0 Å². The van der Waals surface area contributed by atoms with E-state index in [9.17, 15) is 4.79 Å². The van der Waals surface area contributed by atoms with E-state index in [0.717, 1.165) is 36.3 Å². The van der Waals surface area contributed by atoms with Crippen LogP contribution in [0.3, 0.4) is 0 Å². The van der Waals surface area contributed by atoms with Crippen LogP contribution in [0, 0.1) is 6.92 Å². The molecule has 0 aromatic heterocycles. The second kappa shape index (κ2) is 7.94. The molecule has 1 amide bonds. The molecule has 0 bridgehead atoms. The summed E-state index contributed by atoms with van der Waals surface area (Å²) in [6.45, 7) is 3.54. The highest BCUT2D eigenvalue weighted by Crippen LogP contribution is 2.17. The largest absolute Gasteiger partial charge is 0.390 e. The van der Waals surface area contributed by atoms with Crippen molar-refractivity contribution in [1.82, 2.24) is 10.6 Å². The molecule has 1 unspecified atom stereocenters. The quantitative estimate of drug-likeness (QED) is 0.852. The second-order valence-electron chi connectivity index (χ2n) is 6.24. The number of nitrogens with zero attached hydrogens (tertiary/aromatic N) is 1. The van der Waals surface area contributed by atoms with E-state index in [4.69, 9.17) is 4.84 Å². The first-order valence-electron chi connectivity index (χ1n) is 8.47. The Bertz CT molecular complexity index is 752. The summed E-state index contributed by atoms with van der Waals surface area (Å²) in [6.07, 6.45) is 0.868. The number of hydrogen-bond acceptors (Lipinski definition) is 4. The minimum Gasteiger partial charge on any atom is -0.390 e. The Labute approximate surface area is 148 Å². The van der Waals surface area contributed by atoms with Crippen LogP contribution >= 0.6 is 0 Å². The fraction of sp³-hybridized carbons (Fsp3) is 0.300. The number of carbonyl (C=O) groups is 1. The van der Waals surface area contributed by atoms with Gasteiger partial charge in [0.15, 0.2) is 0 Å². The summed E-state index contributed by atoms with van der Waals surface area (Å²) in [5.74, 6) is -0.0698. The van der Waals surface area contributed by atoms with Crippen molar-refractivity contribution >= 4 is 11.6 Å². The van der Waals surface area contributed by atoms with Crippen molar-refractivity contribution in [2.45, 2.75) is 26.0 Å². The number of nitrogens with one attached hydrogen (secondary N) is 2. The van der Waals surface area contributed by atoms with Gasteiger partial charge < -0.3 is 15.5 Å². The van der Waals surface area contributed by atoms with Crippen LogP contribution in [0.5, 0.6) is 0 Å². The van der Waals surface area contributed by atoms with Gasteiger partial charge in [0.1, 0.15) is 6.10 Å². The minimum absolute atomic E-state index is 0.0569. The van der Waals surface area contributed by atoms with E-state index in [1.54, 1.807) is 7.05 Å². The van der Waals surface area contributed by atoms with Crippen molar-refractivity contribution in [3.8, 4) is 0 Å². The van der Waals surface area contributed by atoms with Gasteiger partial charge in [0.05, 0.1) is 5.71 Å². The summed E-state index contributed by atoms with van der Waals surface area (Å²) < 4.78 is 0.